The molecule has 2 rings (SSSR count). The summed E-state index contributed by atoms with van der Waals surface area (Å²) >= 11 is 0. The van der Waals surface area contributed by atoms with E-state index in [1.165, 1.54) is 6.92 Å². The van der Waals surface area contributed by atoms with Crippen molar-refractivity contribution in [1.29, 1.82) is 0 Å². The van der Waals surface area contributed by atoms with Crippen LogP contribution in [0.25, 0.3) is 0 Å². The predicted octanol–water partition coefficient (Wildman–Crippen LogP) is 2.67. The van der Waals surface area contributed by atoms with Gasteiger partial charge in [-0.25, -0.2) is 0 Å². The number of amides is 2. The smallest absolute Gasteiger partial charge is 0.255 e. The molecule has 2 amide bonds. The highest BCUT2D eigenvalue weighted by Crippen LogP contribution is 2.17. The first-order valence-corrected chi connectivity index (χ1v) is 7.77. The molecule has 0 atom stereocenters. The van der Waals surface area contributed by atoms with Gasteiger partial charge in [-0.3, -0.25) is 9.59 Å². The molecular weight excluding hydrogens is 320 g/mol. The molecule has 0 fully saturated rings. The summed E-state index contributed by atoms with van der Waals surface area (Å²) in [5.41, 5.74) is 1.18. The Morgan fingerprint density at radius 3 is 2.68 bits per heavy atom. The van der Waals surface area contributed by atoms with E-state index in [2.05, 4.69) is 22.5 Å². The molecule has 0 saturated carbocycles. The molecule has 25 heavy (non-hydrogen) atoms. The zero-order valence-electron chi connectivity index (χ0n) is 14.4. The van der Waals surface area contributed by atoms with Gasteiger partial charge in [0.05, 0.1) is 12.1 Å². The molecule has 6 heteroatoms. The molecule has 1 aromatic heterocycles. The number of benzene rings is 1. The predicted molar refractivity (Wildman–Crippen MR) is 94.5 cm³/mol. The highest BCUT2D eigenvalue weighted by Gasteiger charge is 2.11. The zero-order chi connectivity index (χ0) is 18.2. The van der Waals surface area contributed by atoms with Gasteiger partial charge in [-0.2, -0.15) is 0 Å². The average Bonchev–Trinajstić information content (AvgIpc) is 2.89. The molecule has 0 bridgehead atoms. The normalized spacial score (nSPS) is 9.72. The van der Waals surface area contributed by atoms with Gasteiger partial charge in [-0.05, 0) is 32.0 Å². The van der Waals surface area contributed by atoms with Crippen molar-refractivity contribution in [2.24, 2.45) is 0 Å². The summed E-state index contributed by atoms with van der Waals surface area (Å²) in [6.45, 7) is 5.39. The highest BCUT2D eigenvalue weighted by atomic mass is 16.5. The summed E-state index contributed by atoms with van der Waals surface area (Å²) < 4.78 is 10.8. The van der Waals surface area contributed by atoms with Crippen LogP contribution in [0.1, 0.15) is 28.8 Å². The number of nitrogens with one attached hydrogen (secondary N) is 2. The standard InChI is InChI=1S/C19H20N2O4/c1-13-11-18(14(2)25-13)19(23)20-9-4-5-10-24-17-8-6-7-16(12-17)21-15(3)22/h6-8,11-12H,9-10H2,1-3H3,(H,20,23)(H,21,22). The molecule has 0 saturated heterocycles. The quantitative estimate of drug-likeness (QED) is 0.820. The number of hydrogen-bond donors (Lipinski definition) is 2. The number of ether oxygens (including phenoxy) is 1. The molecule has 0 radical (unpaired) electrons. The lowest BCUT2D eigenvalue weighted by Crippen LogP contribution is -2.23. The van der Waals surface area contributed by atoms with Crippen LogP contribution < -0.4 is 15.4 Å². The van der Waals surface area contributed by atoms with Crippen molar-refractivity contribution in [3.05, 3.63) is 47.4 Å². The van der Waals surface area contributed by atoms with Crippen molar-refractivity contribution >= 4 is 17.5 Å². The Balaban J connectivity index is 1.77. The molecule has 0 aliphatic heterocycles. The van der Waals surface area contributed by atoms with Crippen molar-refractivity contribution in [3.8, 4) is 17.6 Å². The van der Waals surface area contributed by atoms with Crippen molar-refractivity contribution in [1.82, 2.24) is 5.32 Å². The Hall–Kier alpha value is -3.20. The van der Waals surface area contributed by atoms with Crippen molar-refractivity contribution < 1.29 is 18.7 Å². The van der Waals surface area contributed by atoms with Crippen LogP contribution in [0, 0.1) is 25.7 Å². The van der Waals surface area contributed by atoms with Crippen LogP contribution in [-0.4, -0.2) is 25.0 Å². The molecule has 2 N–H and O–H groups in total. The molecule has 0 aliphatic rings. The summed E-state index contributed by atoms with van der Waals surface area (Å²) in [5.74, 6) is 7.18. The van der Waals surface area contributed by atoms with Gasteiger partial charge in [0.1, 0.15) is 23.9 Å². The molecule has 2 aromatic rings. The van der Waals surface area contributed by atoms with E-state index in [9.17, 15) is 9.59 Å². The van der Waals surface area contributed by atoms with E-state index in [0.29, 0.717) is 28.5 Å². The van der Waals surface area contributed by atoms with Gasteiger partial charge in [0.15, 0.2) is 0 Å². The summed E-state index contributed by atoms with van der Waals surface area (Å²) in [6, 6.07) is 8.75. The summed E-state index contributed by atoms with van der Waals surface area (Å²) in [5, 5.41) is 5.39. The third-order valence-corrected chi connectivity index (χ3v) is 3.21. The monoisotopic (exact) mass is 340 g/mol. The van der Waals surface area contributed by atoms with Gasteiger partial charge < -0.3 is 19.8 Å². The number of hydrogen-bond acceptors (Lipinski definition) is 4. The highest BCUT2D eigenvalue weighted by molar-refractivity contribution is 5.95. The number of furan rings is 1. The first-order chi connectivity index (χ1) is 12.0. The molecule has 6 nitrogen and oxygen atoms in total. The molecular formula is C19H20N2O4. The van der Waals surface area contributed by atoms with Gasteiger partial charge in [-0.1, -0.05) is 17.9 Å². The molecule has 130 valence electrons. The van der Waals surface area contributed by atoms with E-state index >= 15 is 0 Å². The molecule has 0 unspecified atom stereocenters. The molecule has 1 aromatic carbocycles. The molecule has 0 spiro atoms. The van der Waals surface area contributed by atoms with Gasteiger partial charge >= 0.3 is 0 Å². The minimum absolute atomic E-state index is 0.143. The fourth-order valence-corrected chi connectivity index (χ4v) is 2.18. The van der Waals surface area contributed by atoms with Gasteiger partial charge in [0.2, 0.25) is 5.91 Å². The van der Waals surface area contributed by atoms with Crippen molar-refractivity contribution in [2.75, 3.05) is 18.5 Å². The Morgan fingerprint density at radius 2 is 2.00 bits per heavy atom. The second-order valence-electron chi connectivity index (χ2n) is 5.36. The fourth-order valence-electron chi connectivity index (χ4n) is 2.18. The minimum Gasteiger partial charge on any atom is -0.481 e. The van der Waals surface area contributed by atoms with Crippen LogP contribution >= 0.6 is 0 Å². The maximum absolute atomic E-state index is 12.0. The van der Waals surface area contributed by atoms with Crippen LogP contribution in [0.4, 0.5) is 5.69 Å². The second kappa shape index (κ2) is 8.60. The Bertz CT molecular complexity index is 827. The van der Waals surface area contributed by atoms with Crippen LogP contribution in [0.15, 0.2) is 34.7 Å². The lowest BCUT2D eigenvalue weighted by Gasteiger charge is -2.05. The van der Waals surface area contributed by atoms with Crippen LogP contribution in [0.3, 0.4) is 0 Å². The summed E-state index contributed by atoms with van der Waals surface area (Å²) in [4.78, 5) is 23.0. The third kappa shape index (κ3) is 5.74. The maximum Gasteiger partial charge on any atom is 0.255 e. The first kappa shape index (κ1) is 18.1. The SMILES string of the molecule is CC(=O)Nc1cccc(OCC#CCNC(=O)c2cc(C)oc2C)c1. The Kier molecular flexibility index (Phi) is 6.24. The van der Waals surface area contributed by atoms with Gasteiger partial charge in [0.25, 0.3) is 5.91 Å². The lowest BCUT2D eigenvalue weighted by molar-refractivity contribution is -0.114. The second-order valence-corrected chi connectivity index (χ2v) is 5.36. The topological polar surface area (TPSA) is 80.6 Å². The molecule has 1 heterocycles. The first-order valence-electron chi connectivity index (χ1n) is 7.77. The Labute approximate surface area is 146 Å². The molecule has 0 aliphatic carbocycles. The van der Waals surface area contributed by atoms with E-state index in [1.807, 2.05) is 0 Å². The van der Waals surface area contributed by atoms with Gasteiger partial charge in [0, 0.05) is 18.7 Å². The van der Waals surface area contributed by atoms with Crippen molar-refractivity contribution in [2.45, 2.75) is 20.8 Å². The number of anilines is 1. The number of carbonyl (C=O) groups excluding carboxylic acids is 2. The number of carbonyl (C=O) groups is 2. The van der Waals surface area contributed by atoms with Crippen LogP contribution in [0.2, 0.25) is 0 Å². The van der Waals surface area contributed by atoms with Crippen molar-refractivity contribution in [3.63, 3.8) is 0 Å². The number of aryl methyl sites for hydroxylation is 2. The third-order valence-electron chi connectivity index (χ3n) is 3.21. The largest absolute Gasteiger partial charge is 0.481 e. The number of rotatable bonds is 5. The lowest BCUT2D eigenvalue weighted by atomic mass is 10.2. The van der Waals surface area contributed by atoms with E-state index in [-0.39, 0.29) is 25.0 Å². The summed E-state index contributed by atoms with van der Waals surface area (Å²) in [6.07, 6.45) is 0. The van der Waals surface area contributed by atoms with E-state index < -0.39 is 0 Å². The van der Waals surface area contributed by atoms with E-state index in [4.69, 9.17) is 9.15 Å². The van der Waals surface area contributed by atoms with E-state index in [1.54, 1.807) is 44.2 Å². The van der Waals surface area contributed by atoms with Crippen LogP contribution in [-0.2, 0) is 4.79 Å². The average molecular weight is 340 g/mol. The summed E-state index contributed by atoms with van der Waals surface area (Å²) in [7, 11) is 0. The Morgan fingerprint density at radius 1 is 1.20 bits per heavy atom. The zero-order valence-corrected chi connectivity index (χ0v) is 14.4. The fraction of sp³-hybridized carbons (Fsp3) is 0.263. The maximum atomic E-state index is 12.0. The minimum atomic E-state index is -0.215. The van der Waals surface area contributed by atoms with E-state index in [0.717, 1.165) is 0 Å². The van der Waals surface area contributed by atoms with Crippen LogP contribution in [0.5, 0.6) is 5.75 Å². The van der Waals surface area contributed by atoms with Gasteiger partial charge in [-0.15, -0.1) is 0 Å².